The van der Waals surface area contributed by atoms with Crippen molar-refractivity contribution in [2.75, 3.05) is 6.54 Å². The van der Waals surface area contributed by atoms with Crippen molar-refractivity contribution in [1.82, 2.24) is 14.9 Å². The Balaban J connectivity index is 1.57. The van der Waals surface area contributed by atoms with Crippen LogP contribution in [-0.2, 0) is 16.2 Å². The Hall–Kier alpha value is -2.22. The van der Waals surface area contributed by atoms with E-state index in [-0.39, 0.29) is 24.1 Å². The van der Waals surface area contributed by atoms with Crippen molar-refractivity contribution in [2.45, 2.75) is 32.4 Å². The quantitative estimate of drug-likeness (QED) is 0.895. The SMILES string of the molecule is CCC1=NO[C@H](CNC(=O)Cn2cnc3ccsc3c2=O)C1. The van der Waals surface area contributed by atoms with E-state index < -0.39 is 0 Å². The van der Waals surface area contributed by atoms with E-state index in [1.807, 2.05) is 12.3 Å². The number of oxime groups is 1. The van der Waals surface area contributed by atoms with Crippen molar-refractivity contribution in [2.24, 2.45) is 5.16 Å². The fraction of sp³-hybridized carbons (Fsp3) is 0.429. The number of nitrogens with one attached hydrogen (secondary N) is 1. The van der Waals surface area contributed by atoms with E-state index in [1.165, 1.54) is 22.2 Å². The van der Waals surface area contributed by atoms with Crippen LogP contribution < -0.4 is 10.9 Å². The Morgan fingerprint density at radius 3 is 3.23 bits per heavy atom. The van der Waals surface area contributed by atoms with Crippen molar-refractivity contribution >= 4 is 33.2 Å². The summed E-state index contributed by atoms with van der Waals surface area (Å²) in [7, 11) is 0. The van der Waals surface area contributed by atoms with Gasteiger partial charge >= 0.3 is 0 Å². The zero-order valence-corrected chi connectivity index (χ0v) is 12.9. The number of carbonyl (C=O) groups excluding carboxylic acids is 1. The Bertz CT molecular complexity index is 780. The van der Waals surface area contributed by atoms with E-state index in [4.69, 9.17) is 4.84 Å². The fourth-order valence-corrected chi connectivity index (χ4v) is 3.03. The van der Waals surface area contributed by atoms with Crippen LogP contribution in [0, 0.1) is 0 Å². The maximum atomic E-state index is 12.2. The lowest BCUT2D eigenvalue weighted by atomic mass is 10.1. The van der Waals surface area contributed by atoms with Crippen LogP contribution in [-0.4, -0.2) is 33.8 Å². The second-order valence-electron chi connectivity index (χ2n) is 5.06. The molecular formula is C14H16N4O3S. The highest BCUT2D eigenvalue weighted by Crippen LogP contribution is 2.13. The molecule has 3 rings (SSSR count). The van der Waals surface area contributed by atoms with Gasteiger partial charge in [-0.15, -0.1) is 11.3 Å². The Kier molecular flexibility index (Phi) is 4.19. The Morgan fingerprint density at radius 1 is 1.59 bits per heavy atom. The van der Waals surface area contributed by atoms with Gasteiger partial charge in [-0.2, -0.15) is 0 Å². The highest BCUT2D eigenvalue weighted by molar-refractivity contribution is 7.17. The van der Waals surface area contributed by atoms with Gasteiger partial charge in [-0.25, -0.2) is 4.98 Å². The van der Waals surface area contributed by atoms with Gasteiger partial charge in [-0.1, -0.05) is 12.1 Å². The summed E-state index contributed by atoms with van der Waals surface area (Å²) in [6.07, 6.45) is 2.88. The van der Waals surface area contributed by atoms with Gasteiger partial charge in [0, 0.05) is 6.42 Å². The van der Waals surface area contributed by atoms with Gasteiger partial charge < -0.3 is 10.2 Å². The van der Waals surface area contributed by atoms with Crippen LogP contribution in [0.5, 0.6) is 0 Å². The van der Waals surface area contributed by atoms with Crippen LogP contribution in [0.3, 0.4) is 0 Å². The number of carbonyl (C=O) groups is 1. The fourth-order valence-electron chi connectivity index (χ4n) is 2.23. The van der Waals surface area contributed by atoms with Crippen molar-refractivity contribution in [1.29, 1.82) is 0 Å². The summed E-state index contributed by atoms with van der Waals surface area (Å²) in [5.41, 5.74) is 1.47. The first-order valence-corrected chi connectivity index (χ1v) is 7.96. The van der Waals surface area contributed by atoms with Gasteiger partial charge in [0.05, 0.1) is 24.1 Å². The lowest BCUT2D eigenvalue weighted by Crippen LogP contribution is -2.36. The van der Waals surface area contributed by atoms with Crippen LogP contribution in [0.1, 0.15) is 19.8 Å². The summed E-state index contributed by atoms with van der Waals surface area (Å²) in [5.74, 6) is -0.242. The summed E-state index contributed by atoms with van der Waals surface area (Å²) in [5, 5.41) is 8.52. The van der Waals surface area contributed by atoms with Gasteiger partial charge in [0.25, 0.3) is 5.56 Å². The second kappa shape index (κ2) is 6.27. The molecule has 1 amide bonds. The first-order chi connectivity index (χ1) is 10.7. The maximum Gasteiger partial charge on any atom is 0.271 e. The minimum absolute atomic E-state index is 0.0477. The van der Waals surface area contributed by atoms with Gasteiger partial charge in [0.1, 0.15) is 17.3 Å². The normalized spacial score (nSPS) is 17.3. The van der Waals surface area contributed by atoms with E-state index in [1.54, 1.807) is 6.07 Å². The number of fused-ring (bicyclic) bond motifs is 1. The smallest absolute Gasteiger partial charge is 0.271 e. The van der Waals surface area contributed by atoms with E-state index >= 15 is 0 Å². The molecule has 1 N–H and O–H groups in total. The molecule has 7 nitrogen and oxygen atoms in total. The first kappa shape index (κ1) is 14.7. The second-order valence-corrected chi connectivity index (χ2v) is 5.98. The van der Waals surface area contributed by atoms with Crippen LogP contribution in [0.4, 0.5) is 0 Å². The number of nitrogens with zero attached hydrogens (tertiary/aromatic N) is 3. The average molecular weight is 320 g/mol. The number of thiophene rings is 1. The zero-order valence-electron chi connectivity index (χ0n) is 12.1. The van der Waals surface area contributed by atoms with Crippen molar-refractivity contribution in [3.63, 3.8) is 0 Å². The summed E-state index contributed by atoms with van der Waals surface area (Å²) in [4.78, 5) is 33.5. The van der Waals surface area contributed by atoms with Gasteiger partial charge in [0.2, 0.25) is 5.91 Å². The van der Waals surface area contributed by atoms with Crippen LogP contribution in [0.25, 0.3) is 10.2 Å². The molecule has 2 aromatic rings. The molecule has 1 atom stereocenters. The molecule has 0 unspecified atom stereocenters. The van der Waals surface area contributed by atoms with Crippen LogP contribution in [0.15, 0.2) is 27.7 Å². The molecule has 0 fully saturated rings. The summed E-state index contributed by atoms with van der Waals surface area (Å²) in [6.45, 7) is 2.35. The summed E-state index contributed by atoms with van der Waals surface area (Å²) < 4.78 is 1.88. The minimum Gasteiger partial charge on any atom is -0.390 e. The molecule has 0 saturated carbocycles. The molecule has 0 aromatic carbocycles. The molecule has 8 heteroatoms. The minimum atomic E-state index is -0.242. The third-order valence-corrected chi connectivity index (χ3v) is 4.37. The molecule has 0 bridgehead atoms. The third-order valence-electron chi connectivity index (χ3n) is 3.48. The average Bonchev–Trinajstić information content (AvgIpc) is 3.17. The predicted octanol–water partition coefficient (Wildman–Crippen LogP) is 1.13. The van der Waals surface area contributed by atoms with Gasteiger partial charge in [0.15, 0.2) is 0 Å². The van der Waals surface area contributed by atoms with Crippen LogP contribution in [0.2, 0.25) is 0 Å². The number of hydrogen-bond donors (Lipinski definition) is 1. The summed E-state index contributed by atoms with van der Waals surface area (Å²) in [6, 6.07) is 1.79. The Morgan fingerprint density at radius 2 is 2.45 bits per heavy atom. The van der Waals surface area contributed by atoms with Gasteiger partial charge in [-0.05, 0) is 17.9 Å². The molecule has 1 aliphatic rings. The highest BCUT2D eigenvalue weighted by atomic mass is 32.1. The van der Waals surface area contributed by atoms with E-state index in [0.717, 1.165) is 18.6 Å². The highest BCUT2D eigenvalue weighted by Gasteiger charge is 2.20. The molecule has 3 heterocycles. The van der Waals surface area contributed by atoms with E-state index in [2.05, 4.69) is 15.5 Å². The maximum absolute atomic E-state index is 12.2. The topological polar surface area (TPSA) is 85.6 Å². The standard InChI is InChI=1S/C14H16N4O3S/c1-2-9-5-10(21-17-9)6-15-12(19)7-18-8-16-11-3-4-22-13(11)14(18)20/h3-4,8,10H,2,5-7H2,1H3,(H,15,19)/t10-/m0/s1. The molecule has 0 saturated heterocycles. The van der Waals surface area contributed by atoms with Gasteiger partial charge in [-0.3, -0.25) is 14.2 Å². The van der Waals surface area contributed by atoms with E-state index in [0.29, 0.717) is 16.8 Å². The van der Waals surface area contributed by atoms with Crippen molar-refractivity contribution in [3.05, 3.63) is 28.1 Å². The summed E-state index contributed by atoms with van der Waals surface area (Å²) >= 11 is 1.33. The number of amides is 1. The largest absolute Gasteiger partial charge is 0.390 e. The van der Waals surface area contributed by atoms with Crippen molar-refractivity contribution < 1.29 is 9.63 Å². The van der Waals surface area contributed by atoms with Crippen molar-refractivity contribution in [3.8, 4) is 0 Å². The third kappa shape index (κ3) is 3.01. The number of rotatable bonds is 5. The zero-order chi connectivity index (χ0) is 15.5. The lowest BCUT2D eigenvalue weighted by Gasteiger charge is -2.10. The molecule has 22 heavy (non-hydrogen) atoms. The molecule has 0 aliphatic carbocycles. The molecule has 1 aliphatic heterocycles. The Labute approximate surface area is 130 Å². The predicted molar refractivity (Wildman–Crippen MR) is 84.1 cm³/mol. The monoisotopic (exact) mass is 320 g/mol. The molecule has 2 aromatic heterocycles. The first-order valence-electron chi connectivity index (χ1n) is 7.08. The molecular weight excluding hydrogens is 304 g/mol. The van der Waals surface area contributed by atoms with E-state index in [9.17, 15) is 9.59 Å². The molecule has 0 radical (unpaired) electrons. The number of aromatic nitrogens is 2. The molecule has 116 valence electrons. The lowest BCUT2D eigenvalue weighted by molar-refractivity contribution is -0.122. The number of hydrogen-bond acceptors (Lipinski definition) is 6. The van der Waals surface area contributed by atoms with Crippen LogP contribution >= 0.6 is 11.3 Å². The molecule has 0 spiro atoms.